The maximum atomic E-state index is 12.3. The summed E-state index contributed by atoms with van der Waals surface area (Å²) >= 11 is 0. The molecule has 0 radical (unpaired) electrons. The van der Waals surface area contributed by atoms with Crippen molar-refractivity contribution in [1.29, 1.82) is 0 Å². The van der Waals surface area contributed by atoms with E-state index in [9.17, 15) is 4.79 Å². The third kappa shape index (κ3) is 5.39. The average Bonchev–Trinajstić information content (AvgIpc) is 3.06. The average molecular weight is 343 g/mol. The summed E-state index contributed by atoms with van der Waals surface area (Å²) in [7, 11) is 0. The zero-order chi connectivity index (χ0) is 17.5. The quantitative estimate of drug-likeness (QED) is 0.773. The van der Waals surface area contributed by atoms with Gasteiger partial charge in [-0.05, 0) is 38.2 Å². The molecule has 2 aromatic rings. The third-order valence-corrected chi connectivity index (χ3v) is 4.51. The number of hydrogen-bond donors (Lipinski definition) is 0. The SMILES string of the molecule is Cc1noc(COC2CCN(C(=O)CCCc3ccccc3)CC2)n1. The van der Waals surface area contributed by atoms with E-state index in [0.717, 1.165) is 38.8 Å². The van der Waals surface area contributed by atoms with Crippen LogP contribution in [0.15, 0.2) is 34.9 Å². The van der Waals surface area contributed by atoms with Gasteiger partial charge in [-0.3, -0.25) is 4.79 Å². The molecule has 134 valence electrons. The lowest BCUT2D eigenvalue weighted by molar-refractivity contribution is -0.134. The number of aryl methyl sites for hydroxylation is 2. The third-order valence-electron chi connectivity index (χ3n) is 4.51. The van der Waals surface area contributed by atoms with E-state index >= 15 is 0 Å². The van der Waals surface area contributed by atoms with Crippen molar-refractivity contribution in [2.45, 2.75) is 51.7 Å². The number of aromatic nitrogens is 2. The van der Waals surface area contributed by atoms with Gasteiger partial charge in [-0.1, -0.05) is 35.5 Å². The molecule has 1 aliphatic rings. The minimum Gasteiger partial charge on any atom is -0.368 e. The zero-order valence-corrected chi connectivity index (χ0v) is 14.7. The molecule has 1 amide bonds. The molecule has 1 aromatic carbocycles. The van der Waals surface area contributed by atoms with Crippen LogP contribution in [0.2, 0.25) is 0 Å². The number of carbonyl (C=O) groups is 1. The number of amides is 1. The zero-order valence-electron chi connectivity index (χ0n) is 14.7. The number of carbonyl (C=O) groups excluding carboxylic acids is 1. The van der Waals surface area contributed by atoms with Gasteiger partial charge in [-0.15, -0.1) is 0 Å². The van der Waals surface area contributed by atoms with Gasteiger partial charge in [-0.25, -0.2) is 0 Å². The van der Waals surface area contributed by atoms with Crippen LogP contribution in [-0.2, 0) is 22.6 Å². The molecule has 2 heterocycles. The second-order valence-corrected chi connectivity index (χ2v) is 6.47. The van der Waals surface area contributed by atoms with Crippen molar-refractivity contribution in [2.24, 2.45) is 0 Å². The van der Waals surface area contributed by atoms with Gasteiger partial charge in [0, 0.05) is 19.5 Å². The normalized spacial score (nSPS) is 15.5. The first-order chi connectivity index (χ1) is 12.2. The number of hydrogen-bond acceptors (Lipinski definition) is 5. The Bertz CT molecular complexity index is 664. The molecule has 0 spiro atoms. The molecule has 0 atom stereocenters. The van der Waals surface area contributed by atoms with Crippen LogP contribution in [0.25, 0.3) is 0 Å². The van der Waals surface area contributed by atoms with Crippen LogP contribution in [0.3, 0.4) is 0 Å². The molecule has 0 bridgehead atoms. The van der Waals surface area contributed by atoms with E-state index in [2.05, 4.69) is 22.3 Å². The minimum absolute atomic E-state index is 0.153. The highest BCUT2D eigenvalue weighted by Gasteiger charge is 2.23. The Hall–Kier alpha value is -2.21. The predicted molar refractivity (Wildman–Crippen MR) is 92.8 cm³/mol. The van der Waals surface area contributed by atoms with Crippen molar-refractivity contribution in [3.05, 3.63) is 47.6 Å². The van der Waals surface area contributed by atoms with Crippen LogP contribution in [-0.4, -0.2) is 40.1 Å². The molecule has 1 aliphatic heterocycles. The molecule has 6 heteroatoms. The van der Waals surface area contributed by atoms with Gasteiger partial charge in [0.1, 0.15) is 6.61 Å². The van der Waals surface area contributed by atoms with Crippen LogP contribution >= 0.6 is 0 Å². The lowest BCUT2D eigenvalue weighted by atomic mass is 10.1. The molecule has 25 heavy (non-hydrogen) atoms. The lowest BCUT2D eigenvalue weighted by Gasteiger charge is -2.31. The second kappa shape index (κ2) is 8.76. The topological polar surface area (TPSA) is 68.5 Å². The largest absolute Gasteiger partial charge is 0.368 e. The van der Waals surface area contributed by atoms with Crippen molar-refractivity contribution >= 4 is 5.91 Å². The minimum atomic E-state index is 0.153. The van der Waals surface area contributed by atoms with E-state index in [0.29, 0.717) is 24.7 Å². The van der Waals surface area contributed by atoms with Gasteiger partial charge in [0.15, 0.2) is 5.82 Å². The number of ether oxygens (including phenoxy) is 1. The van der Waals surface area contributed by atoms with Crippen molar-refractivity contribution in [3.8, 4) is 0 Å². The Balaban J connectivity index is 1.33. The Kier molecular flexibility index (Phi) is 6.17. The van der Waals surface area contributed by atoms with Crippen LogP contribution < -0.4 is 0 Å². The number of rotatable bonds is 7. The Morgan fingerprint density at radius 2 is 2.04 bits per heavy atom. The van der Waals surface area contributed by atoms with Crippen LogP contribution in [0, 0.1) is 6.92 Å². The highest BCUT2D eigenvalue weighted by molar-refractivity contribution is 5.76. The van der Waals surface area contributed by atoms with E-state index in [1.54, 1.807) is 6.92 Å². The summed E-state index contributed by atoms with van der Waals surface area (Å²) in [5.41, 5.74) is 1.29. The predicted octanol–water partition coefficient (Wildman–Crippen LogP) is 2.91. The summed E-state index contributed by atoms with van der Waals surface area (Å²) in [6, 6.07) is 10.3. The molecule has 0 saturated carbocycles. The summed E-state index contributed by atoms with van der Waals surface area (Å²) in [6.45, 7) is 3.65. The lowest BCUT2D eigenvalue weighted by Crippen LogP contribution is -2.40. The van der Waals surface area contributed by atoms with Crippen molar-refractivity contribution in [3.63, 3.8) is 0 Å². The number of piperidine rings is 1. The molecule has 1 aromatic heterocycles. The van der Waals surface area contributed by atoms with Crippen molar-refractivity contribution < 1.29 is 14.1 Å². The summed E-state index contributed by atoms with van der Waals surface area (Å²) in [5, 5.41) is 3.75. The smallest absolute Gasteiger partial charge is 0.252 e. The molecule has 3 rings (SSSR count). The monoisotopic (exact) mass is 343 g/mol. The first-order valence-electron chi connectivity index (χ1n) is 8.93. The first kappa shape index (κ1) is 17.6. The van der Waals surface area contributed by atoms with E-state index in [4.69, 9.17) is 9.26 Å². The fraction of sp³-hybridized carbons (Fsp3) is 0.526. The van der Waals surface area contributed by atoms with E-state index in [1.807, 2.05) is 23.1 Å². The van der Waals surface area contributed by atoms with Crippen LogP contribution in [0.1, 0.15) is 43.0 Å². The van der Waals surface area contributed by atoms with Gasteiger partial charge >= 0.3 is 0 Å². The van der Waals surface area contributed by atoms with Gasteiger partial charge in [0.25, 0.3) is 5.89 Å². The van der Waals surface area contributed by atoms with Crippen LogP contribution in [0.5, 0.6) is 0 Å². The van der Waals surface area contributed by atoms with E-state index < -0.39 is 0 Å². The van der Waals surface area contributed by atoms with Crippen molar-refractivity contribution in [1.82, 2.24) is 15.0 Å². The number of nitrogens with zero attached hydrogens (tertiary/aromatic N) is 3. The number of benzene rings is 1. The van der Waals surface area contributed by atoms with Crippen LogP contribution in [0.4, 0.5) is 0 Å². The van der Waals surface area contributed by atoms with E-state index in [-0.39, 0.29) is 12.0 Å². The Morgan fingerprint density at radius 3 is 2.72 bits per heavy atom. The van der Waals surface area contributed by atoms with Gasteiger partial charge < -0.3 is 14.2 Å². The Morgan fingerprint density at radius 1 is 1.28 bits per heavy atom. The fourth-order valence-corrected chi connectivity index (χ4v) is 3.11. The summed E-state index contributed by atoms with van der Waals surface area (Å²) in [4.78, 5) is 18.4. The summed E-state index contributed by atoms with van der Waals surface area (Å²) in [5.74, 6) is 1.38. The van der Waals surface area contributed by atoms with Crippen molar-refractivity contribution in [2.75, 3.05) is 13.1 Å². The van der Waals surface area contributed by atoms with E-state index in [1.165, 1.54) is 5.56 Å². The molecule has 0 unspecified atom stereocenters. The first-order valence-corrected chi connectivity index (χ1v) is 8.93. The van der Waals surface area contributed by atoms with Gasteiger partial charge in [0.05, 0.1) is 6.10 Å². The summed E-state index contributed by atoms with van der Waals surface area (Å²) in [6.07, 6.45) is 4.34. The second-order valence-electron chi connectivity index (χ2n) is 6.47. The highest BCUT2D eigenvalue weighted by atomic mass is 16.5. The molecular weight excluding hydrogens is 318 g/mol. The maximum Gasteiger partial charge on any atom is 0.252 e. The molecular formula is C19H25N3O3. The molecule has 1 saturated heterocycles. The molecule has 0 aliphatic carbocycles. The maximum absolute atomic E-state index is 12.3. The number of likely N-dealkylation sites (tertiary alicyclic amines) is 1. The molecule has 1 fully saturated rings. The molecule has 6 nitrogen and oxygen atoms in total. The highest BCUT2D eigenvalue weighted by Crippen LogP contribution is 2.17. The van der Waals surface area contributed by atoms with Gasteiger partial charge in [-0.2, -0.15) is 4.98 Å². The summed E-state index contributed by atoms with van der Waals surface area (Å²) < 4.78 is 10.9. The Labute approximate surface area is 148 Å². The standard InChI is InChI=1S/C19H25N3O3/c1-15-20-18(25-21-15)14-24-17-10-12-22(13-11-17)19(23)9-5-8-16-6-3-2-4-7-16/h2-4,6-7,17H,5,8-14H2,1H3. The fourth-order valence-electron chi connectivity index (χ4n) is 3.11. The molecule has 0 N–H and O–H groups in total. The van der Waals surface area contributed by atoms with Gasteiger partial charge in [0.2, 0.25) is 5.91 Å².